The highest BCUT2D eigenvalue weighted by Crippen LogP contribution is 2.30. The largest absolute Gasteiger partial charge is 0.477 e. The summed E-state index contributed by atoms with van der Waals surface area (Å²) in [5.41, 5.74) is 2.23. The van der Waals surface area contributed by atoms with Gasteiger partial charge in [-0.3, -0.25) is 14.9 Å². The van der Waals surface area contributed by atoms with Crippen molar-refractivity contribution in [3.8, 4) is 5.75 Å². The molecular weight excluding hydrogens is 296 g/mol. The van der Waals surface area contributed by atoms with E-state index >= 15 is 0 Å². The lowest BCUT2D eigenvalue weighted by atomic mass is 10.1. The van der Waals surface area contributed by atoms with Crippen LogP contribution in [-0.4, -0.2) is 17.4 Å². The molecular formula is C17H16N2O4. The molecule has 3 rings (SSSR count). The molecule has 0 aliphatic heterocycles. The number of hydrogen-bond acceptors (Lipinski definition) is 4. The zero-order valence-corrected chi connectivity index (χ0v) is 12.4. The summed E-state index contributed by atoms with van der Waals surface area (Å²) >= 11 is 0. The number of nitrogens with zero attached hydrogens (tertiary/aromatic N) is 1. The molecule has 0 fully saturated rings. The van der Waals surface area contributed by atoms with Crippen LogP contribution in [0.5, 0.6) is 5.75 Å². The van der Waals surface area contributed by atoms with E-state index in [4.69, 9.17) is 4.74 Å². The number of aryl methyl sites for hydroxylation is 1. The maximum Gasteiger partial charge on any atom is 0.310 e. The standard InChI is InChI=1S/C17H16N2O4/c20-17(11-23-16-8-4-3-7-15(16)19(21)22)18-14-10-9-12-5-1-2-6-13(12)14/h1-8,14H,9-11H2,(H,18,20). The zero-order valence-electron chi connectivity index (χ0n) is 12.4. The quantitative estimate of drug-likeness (QED) is 0.680. The van der Waals surface area contributed by atoms with E-state index in [0.29, 0.717) is 0 Å². The van der Waals surface area contributed by atoms with Gasteiger partial charge in [0.05, 0.1) is 11.0 Å². The van der Waals surface area contributed by atoms with Gasteiger partial charge in [0, 0.05) is 6.07 Å². The maximum atomic E-state index is 12.1. The number of amides is 1. The molecule has 1 unspecified atom stereocenters. The van der Waals surface area contributed by atoms with Crippen molar-refractivity contribution in [3.63, 3.8) is 0 Å². The first kappa shape index (κ1) is 15.0. The van der Waals surface area contributed by atoms with Crippen LogP contribution in [0.4, 0.5) is 5.69 Å². The van der Waals surface area contributed by atoms with Gasteiger partial charge < -0.3 is 10.1 Å². The summed E-state index contributed by atoms with van der Waals surface area (Å²) in [5.74, 6) is -0.190. The molecule has 6 nitrogen and oxygen atoms in total. The van der Waals surface area contributed by atoms with E-state index in [-0.39, 0.29) is 30.0 Å². The van der Waals surface area contributed by atoms with Crippen LogP contribution in [0, 0.1) is 10.1 Å². The predicted octanol–water partition coefficient (Wildman–Crippen LogP) is 2.78. The highest BCUT2D eigenvalue weighted by Gasteiger charge is 2.23. The van der Waals surface area contributed by atoms with Gasteiger partial charge in [0.1, 0.15) is 0 Å². The molecule has 0 bridgehead atoms. The molecule has 0 saturated heterocycles. The van der Waals surface area contributed by atoms with Crippen molar-refractivity contribution in [2.45, 2.75) is 18.9 Å². The second-order valence-electron chi connectivity index (χ2n) is 5.37. The number of ether oxygens (including phenoxy) is 1. The molecule has 6 heteroatoms. The maximum absolute atomic E-state index is 12.1. The Hall–Kier alpha value is -2.89. The Balaban J connectivity index is 1.60. The molecule has 2 aromatic rings. The fourth-order valence-corrected chi connectivity index (χ4v) is 2.82. The van der Waals surface area contributed by atoms with E-state index in [0.717, 1.165) is 18.4 Å². The number of carbonyl (C=O) groups is 1. The van der Waals surface area contributed by atoms with Crippen molar-refractivity contribution >= 4 is 11.6 Å². The van der Waals surface area contributed by atoms with Gasteiger partial charge in [0.25, 0.3) is 5.91 Å². The Bertz CT molecular complexity index is 745. The molecule has 1 N–H and O–H groups in total. The van der Waals surface area contributed by atoms with Crippen molar-refractivity contribution in [1.82, 2.24) is 5.32 Å². The minimum Gasteiger partial charge on any atom is -0.477 e. The first-order valence-electron chi connectivity index (χ1n) is 7.38. The van der Waals surface area contributed by atoms with Gasteiger partial charge in [-0.25, -0.2) is 0 Å². The molecule has 0 heterocycles. The summed E-state index contributed by atoms with van der Waals surface area (Å²) in [6.45, 7) is -0.247. The second-order valence-corrected chi connectivity index (χ2v) is 5.37. The van der Waals surface area contributed by atoms with Crippen molar-refractivity contribution < 1.29 is 14.5 Å². The van der Waals surface area contributed by atoms with Crippen LogP contribution in [-0.2, 0) is 11.2 Å². The van der Waals surface area contributed by atoms with Crippen LogP contribution >= 0.6 is 0 Å². The molecule has 1 amide bonds. The summed E-state index contributed by atoms with van der Waals surface area (Å²) < 4.78 is 5.30. The van der Waals surface area contributed by atoms with E-state index in [1.165, 1.54) is 17.7 Å². The summed E-state index contributed by atoms with van der Waals surface area (Å²) in [6, 6.07) is 14.0. The lowest BCUT2D eigenvalue weighted by molar-refractivity contribution is -0.385. The number of nitro groups is 1. The molecule has 2 aromatic carbocycles. The molecule has 1 aliphatic rings. The predicted molar refractivity (Wildman–Crippen MR) is 84.2 cm³/mol. The summed E-state index contributed by atoms with van der Waals surface area (Å²) in [4.78, 5) is 22.4. The molecule has 0 spiro atoms. The average molecular weight is 312 g/mol. The second kappa shape index (κ2) is 6.48. The van der Waals surface area contributed by atoms with Gasteiger partial charge in [-0.05, 0) is 30.0 Å². The van der Waals surface area contributed by atoms with Gasteiger partial charge >= 0.3 is 5.69 Å². The van der Waals surface area contributed by atoms with Crippen molar-refractivity contribution in [2.24, 2.45) is 0 Å². The topological polar surface area (TPSA) is 81.5 Å². The fourth-order valence-electron chi connectivity index (χ4n) is 2.82. The van der Waals surface area contributed by atoms with E-state index in [9.17, 15) is 14.9 Å². The Morgan fingerprint density at radius 1 is 1.22 bits per heavy atom. The van der Waals surface area contributed by atoms with Crippen LogP contribution in [0.15, 0.2) is 48.5 Å². The lowest BCUT2D eigenvalue weighted by Crippen LogP contribution is -2.31. The smallest absolute Gasteiger partial charge is 0.310 e. The van der Waals surface area contributed by atoms with Crippen LogP contribution in [0.1, 0.15) is 23.6 Å². The van der Waals surface area contributed by atoms with E-state index in [2.05, 4.69) is 11.4 Å². The minimum atomic E-state index is -0.527. The summed E-state index contributed by atoms with van der Waals surface area (Å²) in [5, 5.41) is 13.8. The first-order valence-corrected chi connectivity index (χ1v) is 7.38. The average Bonchev–Trinajstić information content (AvgIpc) is 2.96. The van der Waals surface area contributed by atoms with Crippen molar-refractivity contribution in [1.29, 1.82) is 0 Å². The van der Waals surface area contributed by atoms with Gasteiger partial charge in [0.15, 0.2) is 12.4 Å². The van der Waals surface area contributed by atoms with Gasteiger partial charge in [0.2, 0.25) is 0 Å². The van der Waals surface area contributed by atoms with Crippen LogP contribution < -0.4 is 10.1 Å². The number of carbonyl (C=O) groups excluding carboxylic acids is 1. The number of nitrogens with one attached hydrogen (secondary N) is 1. The van der Waals surface area contributed by atoms with Crippen LogP contribution in [0.25, 0.3) is 0 Å². The van der Waals surface area contributed by atoms with E-state index < -0.39 is 4.92 Å². The Morgan fingerprint density at radius 2 is 1.96 bits per heavy atom. The normalized spacial score (nSPS) is 15.7. The summed E-state index contributed by atoms with van der Waals surface area (Å²) in [7, 11) is 0. The number of nitro benzene ring substituents is 1. The van der Waals surface area contributed by atoms with Crippen molar-refractivity contribution in [2.75, 3.05) is 6.61 Å². The van der Waals surface area contributed by atoms with Crippen LogP contribution in [0.2, 0.25) is 0 Å². The number of rotatable bonds is 5. The number of benzene rings is 2. The first-order chi connectivity index (χ1) is 11.1. The molecule has 1 atom stereocenters. The highest BCUT2D eigenvalue weighted by molar-refractivity contribution is 5.78. The molecule has 118 valence electrons. The SMILES string of the molecule is O=C(COc1ccccc1[N+](=O)[O-])NC1CCc2ccccc21. The highest BCUT2D eigenvalue weighted by atomic mass is 16.6. The molecule has 23 heavy (non-hydrogen) atoms. The molecule has 0 saturated carbocycles. The number of hydrogen-bond donors (Lipinski definition) is 1. The Labute approximate surface area is 133 Å². The van der Waals surface area contributed by atoms with Gasteiger partial charge in [-0.2, -0.15) is 0 Å². The third-order valence-corrected chi connectivity index (χ3v) is 3.89. The third-order valence-electron chi connectivity index (χ3n) is 3.89. The summed E-state index contributed by atoms with van der Waals surface area (Å²) in [6.07, 6.45) is 1.79. The van der Waals surface area contributed by atoms with Crippen molar-refractivity contribution in [3.05, 3.63) is 69.8 Å². The fraction of sp³-hybridized carbons (Fsp3) is 0.235. The van der Waals surface area contributed by atoms with E-state index in [1.807, 2.05) is 18.2 Å². The van der Waals surface area contributed by atoms with Gasteiger partial charge in [-0.1, -0.05) is 36.4 Å². The van der Waals surface area contributed by atoms with Gasteiger partial charge in [-0.15, -0.1) is 0 Å². The Kier molecular flexibility index (Phi) is 4.23. The molecule has 0 aromatic heterocycles. The van der Waals surface area contributed by atoms with E-state index in [1.54, 1.807) is 12.1 Å². The third kappa shape index (κ3) is 3.31. The zero-order chi connectivity index (χ0) is 16.2. The number of para-hydroxylation sites is 2. The lowest BCUT2D eigenvalue weighted by Gasteiger charge is -2.14. The monoisotopic (exact) mass is 312 g/mol. The molecule has 1 aliphatic carbocycles. The van der Waals surface area contributed by atoms with Crippen LogP contribution in [0.3, 0.4) is 0 Å². The Morgan fingerprint density at radius 3 is 2.78 bits per heavy atom. The minimum absolute atomic E-state index is 0.0203. The molecule has 0 radical (unpaired) electrons. The number of fused-ring (bicyclic) bond motifs is 1.